The Morgan fingerprint density at radius 3 is 2.79 bits per heavy atom. The maximum absolute atomic E-state index is 11.4. The molecule has 1 atom stereocenters. The highest BCUT2D eigenvalue weighted by Crippen LogP contribution is 2.29. The van der Waals surface area contributed by atoms with E-state index in [4.69, 9.17) is 4.74 Å². The van der Waals surface area contributed by atoms with Crippen LogP contribution in [0, 0.1) is 6.92 Å². The maximum atomic E-state index is 11.4. The van der Waals surface area contributed by atoms with E-state index in [2.05, 4.69) is 14.9 Å². The molecule has 0 fully saturated rings. The minimum absolute atomic E-state index is 0.397. The summed E-state index contributed by atoms with van der Waals surface area (Å²) < 4.78 is 10.3. The molecule has 0 spiro atoms. The van der Waals surface area contributed by atoms with Gasteiger partial charge < -0.3 is 9.47 Å². The zero-order valence-electron chi connectivity index (χ0n) is 11.1. The summed E-state index contributed by atoms with van der Waals surface area (Å²) in [7, 11) is 1.34. The average molecular weight is 260 g/mol. The van der Waals surface area contributed by atoms with Crippen molar-refractivity contribution in [3.05, 3.63) is 36.0 Å². The van der Waals surface area contributed by atoms with Crippen LogP contribution in [0.1, 0.15) is 12.5 Å². The smallest absolute Gasteiger partial charge is 0.346 e. The highest BCUT2D eigenvalue weighted by atomic mass is 16.6. The van der Waals surface area contributed by atoms with Crippen LogP contribution in [0.5, 0.6) is 5.75 Å². The van der Waals surface area contributed by atoms with Crippen LogP contribution >= 0.6 is 0 Å². The molecule has 0 aliphatic rings. The normalized spacial score (nSPS) is 11.9. The summed E-state index contributed by atoms with van der Waals surface area (Å²) in [6, 6.07) is 7.56. The van der Waals surface area contributed by atoms with Crippen LogP contribution in [0.4, 0.5) is 0 Å². The first kappa shape index (κ1) is 13.1. The van der Waals surface area contributed by atoms with Crippen molar-refractivity contribution >= 4 is 5.97 Å². The summed E-state index contributed by atoms with van der Waals surface area (Å²) >= 11 is 0. The van der Waals surface area contributed by atoms with Crippen LogP contribution in [0.2, 0.25) is 0 Å². The number of methoxy groups -OCH3 is 1. The molecule has 0 aliphatic heterocycles. The Morgan fingerprint density at radius 2 is 2.16 bits per heavy atom. The lowest BCUT2D eigenvalue weighted by Crippen LogP contribution is -2.25. The minimum Gasteiger partial charge on any atom is -0.479 e. The Kier molecular flexibility index (Phi) is 3.85. The topological polar surface area (TPSA) is 64.2 Å². The second-order valence-corrected chi connectivity index (χ2v) is 4.18. The molecule has 19 heavy (non-hydrogen) atoms. The van der Waals surface area contributed by atoms with E-state index in [1.54, 1.807) is 13.1 Å². The van der Waals surface area contributed by atoms with Crippen molar-refractivity contribution in [2.75, 3.05) is 7.11 Å². The monoisotopic (exact) mass is 260 g/mol. The van der Waals surface area contributed by atoms with Gasteiger partial charge in [-0.3, -0.25) is 5.10 Å². The molecule has 2 aromatic rings. The molecule has 0 bridgehead atoms. The van der Waals surface area contributed by atoms with Crippen molar-refractivity contribution in [3.63, 3.8) is 0 Å². The van der Waals surface area contributed by atoms with Gasteiger partial charge in [0.15, 0.2) is 6.10 Å². The lowest BCUT2D eigenvalue weighted by atomic mass is 10.1. The number of nitrogens with zero attached hydrogens (tertiary/aromatic N) is 1. The Morgan fingerprint density at radius 1 is 1.37 bits per heavy atom. The first-order valence-electron chi connectivity index (χ1n) is 5.97. The van der Waals surface area contributed by atoms with E-state index in [0.717, 1.165) is 16.8 Å². The van der Waals surface area contributed by atoms with Crippen LogP contribution < -0.4 is 4.74 Å². The minimum atomic E-state index is -0.638. The van der Waals surface area contributed by atoms with Crippen molar-refractivity contribution in [2.24, 2.45) is 0 Å². The number of carbonyl (C=O) groups is 1. The van der Waals surface area contributed by atoms with Gasteiger partial charge in [0.1, 0.15) is 5.75 Å². The fourth-order valence-corrected chi connectivity index (χ4v) is 1.84. The molecule has 1 unspecified atom stereocenters. The average Bonchev–Trinajstić information content (AvgIpc) is 2.94. The van der Waals surface area contributed by atoms with Crippen LogP contribution in [-0.4, -0.2) is 29.4 Å². The summed E-state index contributed by atoms with van der Waals surface area (Å²) in [6.45, 7) is 3.60. The van der Waals surface area contributed by atoms with E-state index in [-0.39, 0.29) is 0 Å². The van der Waals surface area contributed by atoms with Crippen molar-refractivity contribution < 1.29 is 14.3 Å². The first-order chi connectivity index (χ1) is 9.13. The van der Waals surface area contributed by atoms with E-state index in [0.29, 0.717) is 5.75 Å². The van der Waals surface area contributed by atoms with Gasteiger partial charge in [-0.05, 0) is 26.0 Å². The molecule has 5 nitrogen and oxygen atoms in total. The molecule has 0 saturated carbocycles. The van der Waals surface area contributed by atoms with Crippen LogP contribution in [0.3, 0.4) is 0 Å². The first-order valence-corrected chi connectivity index (χ1v) is 5.97. The number of hydrogen-bond acceptors (Lipinski definition) is 4. The van der Waals surface area contributed by atoms with Gasteiger partial charge in [-0.1, -0.05) is 12.1 Å². The van der Waals surface area contributed by atoms with E-state index < -0.39 is 12.1 Å². The SMILES string of the molecule is COC(=O)C(C)Oc1cccc(-c2ccn[nH]2)c1C. The molecule has 0 saturated heterocycles. The lowest BCUT2D eigenvalue weighted by molar-refractivity contribution is -0.147. The third-order valence-corrected chi connectivity index (χ3v) is 2.91. The van der Waals surface area contributed by atoms with Gasteiger partial charge >= 0.3 is 5.97 Å². The predicted octanol–water partition coefficient (Wildman–Crippen LogP) is 2.33. The molecule has 1 heterocycles. The molecule has 2 rings (SSSR count). The van der Waals surface area contributed by atoms with Crippen molar-refractivity contribution in [1.29, 1.82) is 0 Å². The molecule has 1 aromatic heterocycles. The van der Waals surface area contributed by atoms with Crippen LogP contribution in [0.25, 0.3) is 11.3 Å². The number of hydrogen-bond donors (Lipinski definition) is 1. The number of aromatic amines is 1. The quantitative estimate of drug-likeness (QED) is 0.857. The number of H-pyrrole nitrogens is 1. The van der Waals surface area contributed by atoms with E-state index in [1.807, 2.05) is 31.2 Å². The van der Waals surface area contributed by atoms with Gasteiger partial charge in [0.05, 0.1) is 12.8 Å². The van der Waals surface area contributed by atoms with Gasteiger partial charge in [0, 0.05) is 17.3 Å². The summed E-state index contributed by atoms with van der Waals surface area (Å²) in [6.07, 6.45) is 1.06. The lowest BCUT2D eigenvalue weighted by Gasteiger charge is -2.15. The number of benzene rings is 1. The fraction of sp³-hybridized carbons (Fsp3) is 0.286. The molecular weight excluding hydrogens is 244 g/mol. The highest BCUT2D eigenvalue weighted by Gasteiger charge is 2.17. The summed E-state index contributed by atoms with van der Waals surface area (Å²) in [5.74, 6) is 0.261. The second-order valence-electron chi connectivity index (χ2n) is 4.18. The zero-order valence-corrected chi connectivity index (χ0v) is 11.1. The number of carbonyl (C=O) groups excluding carboxylic acids is 1. The van der Waals surface area contributed by atoms with Gasteiger partial charge in [-0.2, -0.15) is 5.10 Å². The summed E-state index contributed by atoms with van der Waals surface area (Å²) in [5.41, 5.74) is 2.85. The van der Waals surface area contributed by atoms with Gasteiger partial charge in [0.25, 0.3) is 0 Å². The van der Waals surface area contributed by atoms with Gasteiger partial charge in [0.2, 0.25) is 0 Å². The molecule has 0 aliphatic carbocycles. The zero-order chi connectivity index (χ0) is 13.8. The third-order valence-electron chi connectivity index (χ3n) is 2.91. The molecule has 5 heteroatoms. The standard InChI is InChI=1S/C14H16N2O3/c1-9-11(12-7-8-15-16-12)5-4-6-13(9)19-10(2)14(17)18-3/h4-8,10H,1-3H3,(H,15,16). The molecular formula is C14H16N2O3. The third kappa shape index (κ3) is 2.76. The van der Waals surface area contributed by atoms with E-state index in [1.165, 1.54) is 7.11 Å². The number of nitrogens with one attached hydrogen (secondary N) is 1. The Bertz CT molecular complexity index is 564. The molecule has 1 aromatic carbocycles. The summed E-state index contributed by atoms with van der Waals surface area (Å²) in [4.78, 5) is 11.4. The van der Waals surface area contributed by atoms with Gasteiger partial charge in [-0.25, -0.2) is 4.79 Å². The van der Waals surface area contributed by atoms with E-state index >= 15 is 0 Å². The molecule has 0 amide bonds. The second kappa shape index (κ2) is 5.56. The predicted molar refractivity (Wildman–Crippen MR) is 70.9 cm³/mol. The Hall–Kier alpha value is -2.30. The van der Waals surface area contributed by atoms with Crippen molar-refractivity contribution in [3.8, 4) is 17.0 Å². The van der Waals surface area contributed by atoms with E-state index in [9.17, 15) is 4.79 Å². The Balaban J connectivity index is 2.28. The van der Waals surface area contributed by atoms with Gasteiger partial charge in [-0.15, -0.1) is 0 Å². The van der Waals surface area contributed by atoms with Crippen molar-refractivity contribution in [2.45, 2.75) is 20.0 Å². The van der Waals surface area contributed by atoms with Crippen molar-refractivity contribution in [1.82, 2.24) is 10.2 Å². The number of rotatable bonds is 4. The number of esters is 1. The Labute approximate surface area is 111 Å². The van der Waals surface area contributed by atoms with Crippen LogP contribution in [0.15, 0.2) is 30.5 Å². The molecule has 100 valence electrons. The number of aromatic nitrogens is 2. The largest absolute Gasteiger partial charge is 0.479 e. The summed E-state index contributed by atoms with van der Waals surface area (Å²) in [5, 5.41) is 6.84. The number of ether oxygens (including phenoxy) is 2. The molecule has 0 radical (unpaired) electrons. The molecule has 1 N–H and O–H groups in total. The maximum Gasteiger partial charge on any atom is 0.346 e. The fourth-order valence-electron chi connectivity index (χ4n) is 1.84. The van der Waals surface area contributed by atoms with Crippen LogP contribution in [-0.2, 0) is 9.53 Å². The highest BCUT2D eigenvalue weighted by molar-refractivity contribution is 5.75.